The van der Waals surface area contributed by atoms with Gasteiger partial charge in [0.25, 0.3) is 0 Å². The van der Waals surface area contributed by atoms with Crippen LogP contribution in [0.2, 0.25) is 0 Å². The number of ether oxygens (including phenoxy) is 2. The van der Waals surface area contributed by atoms with Crippen molar-refractivity contribution in [2.75, 3.05) is 36.1 Å². The van der Waals surface area contributed by atoms with Gasteiger partial charge >= 0.3 is 0 Å². The summed E-state index contributed by atoms with van der Waals surface area (Å²) in [6.07, 6.45) is 2.70. The first-order chi connectivity index (χ1) is 13.9. The van der Waals surface area contributed by atoms with Crippen LogP contribution in [0.15, 0.2) is 41.0 Å². The number of benzene rings is 1. The van der Waals surface area contributed by atoms with E-state index in [9.17, 15) is 13.2 Å². The Kier molecular flexibility index (Phi) is 6.96. The number of anilines is 1. The van der Waals surface area contributed by atoms with E-state index in [1.165, 1.54) is 0 Å². The van der Waals surface area contributed by atoms with E-state index in [-0.39, 0.29) is 5.91 Å². The van der Waals surface area contributed by atoms with Crippen molar-refractivity contribution in [3.63, 3.8) is 0 Å². The Morgan fingerprint density at radius 1 is 1.24 bits per heavy atom. The van der Waals surface area contributed by atoms with E-state index in [0.717, 1.165) is 16.3 Å². The summed E-state index contributed by atoms with van der Waals surface area (Å²) in [5, 5.41) is 2.79. The molecule has 1 aliphatic heterocycles. The van der Waals surface area contributed by atoms with Crippen molar-refractivity contribution in [3.8, 4) is 11.5 Å². The molecule has 29 heavy (non-hydrogen) atoms. The molecule has 1 aromatic carbocycles. The van der Waals surface area contributed by atoms with Gasteiger partial charge in [0.15, 0.2) is 11.5 Å². The van der Waals surface area contributed by atoms with E-state index in [1.807, 2.05) is 12.1 Å². The fraction of sp³-hybridized carbons (Fsp3) is 0.421. The fourth-order valence-corrected chi connectivity index (χ4v) is 4.86. The average Bonchev–Trinajstić information content (AvgIpc) is 3.20. The molecule has 1 N–H and O–H groups in total. The molecule has 0 fully saturated rings. The van der Waals surface area contributed by atoms with Crippen LogP contribution in [-0.2, 0) is 20.6 Å². The molecular weight excluding hydrogens is 416 g/mol. The summed E-state index contributed by atoms with van der Waals surface area (Å²) in [5.41, 5.74) is 0.353. The van der Waals surface area contributed by atoms with Crippen molar-refractivity contribution in [1.82, 2.24) is 5.32 Å². The number of nitrogens with one attached hydrogen (secondary N) is 1. The smallest absolute Gasteiger partial charge is 0.243 e. The standard InChI is InChI=1S/C19H24N2O6S2/c1-14(19(22)20-7-11-28-13-16-4-3-8-25-16)21(29(2,23)24)15-5-6-17-18(12-15)27-10-9-26-17/h3-6,8,12,14H,7,9-11,13H2,1-2H3,(H,20,22)/t14-/m0/s1. The Morgan fingerprint density at radius 3 is 2.69 bits per heavy atom. The summed E-state index contributed by atoms with van der Waals surface area (Å²) in [7, 11) is -3.70. The third-order valence-corrected chi connectivity index (χ3v) is 6.46. The lowest BCUT2D eigenvalue weighted by atomic mass is 10.2. The van der Waals surface area contributed by atoms with Crippen molar-refractivity contribution >= 4 is 33.4 Å². The van der Waals surface area contributed by atoms with Crippen molar-refractivity contribution in [3.05, 3.63) is 42.4 Å². The van der Waals surface area contributed by atoms with E-state index in [1.54, 1.807) is 43.1 Å². The summed E-state index contributed by atoms with van der Waals surface area (Å²) in [5.74, 6) is 2.91. The van der Waals surface area contributed by atoms with Gasteiger partial charge in [-0.05, 0) is 31.2 Å². The predicted octanol–water partition coefficient (Wildman–Crippen LogP) is 2.25. The van der Waals surface area contributed by atoms with E-state index < -0.39 is 16.1 Å². The summed E-state index contributed by atoms with van der Waals surface area (Å²) in [6, 6.07) is 7.65. The number of thioether (sulfide) groups is 1. The highest BCUT2D eigenvalue weighted by Crippen LogP contribution is 2.35. The molecule has 0 saturated carbocycles. The van der Waals surface area contributed by atoms with Gasteiger partial charge in [-0.3, -0.25) is 9.10 Å². The number of hydrogen-bond donors (Lipinski definition) is 1. The fourth-order valence-electron chi connectivity index (χ4n) is 2.94. The molecule has 1 aromatic heterocycles. The normalized spacial score (nSPS) is 14.3. The second kappa shape index (κ2) is 9.45. The van der Waals surface area contributed by atoms with Crippen molar-refractivity contribution in [2.45, 2.75) is 18.7 Å². The molecule has 0 saturated heterocycles. The first kappa shape index (κ1) is 21.4. The van der Waals surface area contributed by atoms with E-state index in [2.05, 4.69) is 5.32 Å². The Bertz CT molecular complexity index is 930. The minimum atomic E-state index is -3.70. The molecule has 1 aliphatic rings. The number of rotatable bonds is 9. The first-order valence-electron chi connectivity index (χ1n) is 9.13. The van der Waals surface area contributed by atoms with Gasteiger partial charge in [-0.15, -0.1) is 0 Å². The van der Waals surface area contributed by atoms with Crippen LogP contribution in [0.3, 0.4) is 0 Å². The van der Waals surface area contributed by atoms with Gasteiger partial charge in [0.1, 0.15) is 25.0 Å². The van der Waals surface area contributed by atoms with Gasteiger partial charge in [0.2, 0.25) is 15.9 Å². The van der Waals surface area contributed by atoms with Gasteiger partial charge < -0.3 is 19.2 Å². The summed E-state index contributed by atoms with van der Waals surface area (Å²) >= 11 is 1.62. The summed E-state index contributed by atoms with van der Waals surface area (Å²) in [6.45, 7) is 2.82. The monoisotopic (exact) mass is 440 g/mol. The maximum absolute atomic E-state index is 12.6. The minimum absolute atomic E-state index is 0.353. The highest BCUT2D eigenvalue weighted by atomic mass is 32.2. The molecule has 3 rings (SSSR count). The first-order valence-corrected chi connectivity index (χ1v) is 12.1. The third-order valence-electron chi connectivity index (χ3n) is 4.24. The quantitative estimate of drug-likeness (QED) is 0.597. The number of nitrogens with zero attached hydrogens (tertiary/aromatic N) is 1. The lowest BCUT2D eigenvalue weighted by Gasteiger charge is -2.29. The zero-order chi connectivity index (χ0) is 20.9. The molecule has 1 amide bonds. The third kappa shape index (κ3) is 5.60. The molecule has 0 spiro atoms. The molecule has 0 unspecified atom stereocenters. The lowest BCUT2D eigenvalue weighted by molar-refractivity contribution is -0.121. The number of carbonyl (C=O) groups is 1. The van der Waals surface area contributed by atoms with Crippen LogP contribution < -0.4 is 19.1 Å². The van der Waals surface area contributed by atoms with Gasteiger partial charge in [0, 0.05) is 18.4 Å². The maximum Gasteiger partial charge on any atom is 0.243 e. The Hall–Kier alpha value is -2.33. The molecule has 1 atom stereocenters. The largest absolute Gasteiger partial charge is 0.486 e. The highest BCUT2D eigenvalue weighted by Gasteiger charge is 2.30. The van der Waals surface area contributed by atoms with E-state index in [4.69, 9.17) is 13.9 Å². The number of furan rings is 1. The van der Waals surface area contributed by atoms with Crippen LogP contribution in [0.25, 0.3) is 0 Å². The second-order valence-electron chi connectivity index (χ2n) is 6.49. The molecule has 10 heteroatoms. The van der Waals surface area contributed by atoms with Crippen LogP contribution in [0.5, 0.6) is 11.5 Å². The SMILES string of the molecule is C[C@@H](C(=O)NCCSCc1ccco1)N(c1ccc2c(c1)OCCO2)S(C)(=O)=O. The van der Waals surface area contributed by atoms with Crippen molar-refractivity contribution in [2.24, 2.45) is 0 Å². The number of fused-ring (bicyclic) bond motifs is 1. The summed E-state index contributed by atoms with van der Waals surface area (Å²) in [4.78, 5) is 12.6. The van der Waals surface area contributed by atoms with Crippen LogP contribution in [-0.4, -0.2) is 52.1 Å². The van der Waals surface area contributed by atoms with Crippen LogP contribution in [0.4, 0.5) is 5.69 Å². The summed E-state index contributed by atoms with van der Waals surface area (Å²) < 4.78 is 42.2. The van der Waals surface area contributed by atoms with Crippen LogP contribution in [0.1, 0.15) is 12.7 Å². The molecule has 0 radical (unpaired) electrons. The van der Waals surface area contributed by atoms with Gasteiger partial charge in [-0.2, -0.15) is 11.8 Å². The Morgan fingerprint density at radius 2 is 2.00 bits per heavy atom. The number of sulfonamides is 1. The minimum Gasteiger partial charge on any atom is -0.486 e. The molecular formula is C19H24N2O6S2. The van der Waals surface area contributed by atoms with Crippen LogP contribution >= 0.6 is 11.8 Å². The lowest BCUT2D eigenvalue weighted by Crippen LogP contribution is -2.48. The zero-order valence-electron chi connectivity index (χ0n) is 16.3. The molecule has 158 valence electrons. The van der Waals surface area contributed by atoms with E-state index >= 15 is 0 Å². The molecule has 8 nitrogen and oxygen atoms in total. The van der Waals surface area contributed by atoms with Crippen LogP contribution in [0, 0.1) is 0 Å². The zero-order valence-corrected chi connectivity index (χ0v) is 17.9. The maximum atomic E-state index is 12.6. The van der Waals surface area contributed by atoms with Gasteiger partial charge in [-0.25, -0.2) is 8.42 Å². The van der Waals surface area contributed by atoms with Gasteiger partial charge in [-0.1, -0.05) is 0 Å². The number of carbonyl (C=O) groups excluding carboxylic acids is 1. The topological polar surface area (TPSA) is 98.1 Å². The number of hydrogen-bond acceptors (Lipinski definition) is 7. The average molecular weight is 441 g/mol. The van der Waals surface area contributed by atoms with Crippen molar-refractivity contribution < 1.29 is 27.1 Å². The molecule has 0 bridgehead atoms. The molecule has 0 aliphatic carbocycles. The number of amides is 1. The highest BCUT2D eigenvalue weighted by molar-refractivity contribution is 7.98. The predicted molar refractivity (Wildman–Crippen MR) is 112 cm³/mol. The van der Waals surface area contributed by atoms with Gasteiger partial charge in [0.05, 0.1) is 24.0 Å². The second-order valence-corrected chi connectivity index (χ2v) is 9.45. The molecule has 2 aromatic rings. The molecule has 2 heterocycles. The Labute approximate surface area is 174 Å². The Balaban J connectivity index is 1.61. The van der Waals surface area contributed by atoms with E-state index in [0.29, 0.717) is 48.5 Å². The van der Waals surface area contributed by atoms with Crippen molar-refractivity contribution in [1.29, 1.82) is 0 Å².